The first kappa shape index (κ1) is 12.8. The van der Waals surface area contributed by atoms with Gasteiger partial charge < -0.3 is 21.3 Å². The Bertz CT molecular complexity index is 445. The van der Waals surface area contributed by atoms with E-state index in [0.717, 1.165) is 0 Å². The topological polar surface area (TPSA) is 116 Å². The van der Waals surface area contributed by atoms with Crippen LogP contribution in [0.5, 0.6) is 5.75 Å². The molecule has 0 aliphatic rings. The maximum atomic E-state index is 11.0. The number of nitrogens with two attached hydrogens (primary N) is 2. The molecule has 0 bridgehead atoms. The van der Waals surface area contributed by atoms with Gasteiger partial charge in [0, 0.05) is 0 Å². The van der Waals surface area contributed by atoms with Crippen LogP contribution < -0.4 is 16.2 Å². The third kappa shape index (κ3) is 2.87. The van der Waals surface area contributed by atoms with Crippen molar-refractivity contribution in [2.24, 2.45) is 5.73 Å². The lowest BCUT2D eigenvalue weighted by atomic mass is 10.1. The van der Waals surface area contributed by atoms with Crippen LogP contribution in [0.15, 0.2) is 18.2 Å². The molecule has 0 saturated heterocycles. The molecule has 17 heavy (non-hydrogen) atoms. The summed E-state index contributed by atoms with van der Waals surface area (Å²) in [5.74, 6) is -1.86. The van der Waals surface area contributed by atoms with Gasteiger partial charge in [0.15, 0.2) is 11.9 Å². The fraction of sp³-hybridized carbons (Fsp3) is 0.273. The van der Waals surface area contributed by atoms with Crippen molar-refractivity contribution in [1.29, 1.82) is 0 Å². The maximum absolute atomic E-state index is 11.0. The Morgan fingerprint density at radius 3 is 2.59 bits per heavy atom. The number of primary amides is 1. The van der Waals surface area contributed by atoms with E-state index in [0.29, 0.717) is 6.42 Å². The summed E-state index contributed by atoms with van der Waals surface area (Å²) in [6.07, 6.45) is -0.555. The van der Waals surface area contributed by atoms with Crippen molar-refractivity contribution in [3.63, 3.8) is 0 Å². The van der Waals surface area contributed by atoms with Gasteiger partial charge in [0.1, 0.15) is 5.56 Å². The Labute approximate surface area is 98.2 Å². The van der Waals surface area contributed by atoms with Crippen molar-refractivity contribution < 1.29 is 19.4 Å². The fourth-order valence-electron chi connectivity index (χ4n) is 1.34. The van der Waals surface area contributed by atoms with Gasteiger partial charge in [0.25, 0.3) is 5.91 Å². The Balaban J connectivity index is 3.12. The monoisotopic (exact) mass is 238 g/mol. The zero-order valence-electron chi connectivity index (χ0n) is 9.34. The summed E-state index contributed by atoms with van der Waals surface area (Å²) in [7, 11) is 0. The van der Waals surface area contributed by atoms with Crippen molar-refractivity contribution in [2.45, 2.75) is 19.4 Å². The molecule has 0 spiro atoms. The largest absolute Gasteiger partial charge is 0.478 e. The standard InChI is InChI=1S/C11H14N2O4/c1-2-8(10(13)14)17-9-6(11(15)16)4-3-5-7(9)12/h3-5,8H,2,12H2,1H3,(H2,13,14)(H,15,16). The highest BCUT2D eigenvalue weighted by molar-refractivity contribution is 5.93. The number of aromatic carboxylic acids is 1. The lowest BCUT2D eigenvalue weighted by molar-refractivity contribution is -0.124. The van der Waals surface area contributed by atoms with E-state index in [-0.39, 0.29) is 17.0 Å². The number of amides is 1. The third-order valence-corrected chi connectivity index (χ3v) is 2.22. The average Bonchev–Trinajstić information content (AvgIpc) is 2.26. The predicted molar refractivity (Wildman–Crippen MR) is 61.7 cm³/mol. The second kappa shape index (κ2) is 5.20. The molecule has 0 aliphatic carbocycles. The summed E-state index contributed by atoms with van der Waals surface area (Å²) < 4.78 is 5.27. The van der Waals surface area contributed by atoms with E-state index in [9.17, 15) is 9.59 Å². The highest BCUT2D eigenvalue weighted by Gasteiger charge is 2.20. The Morgan fingerprint density at radius 2 is 2.12 bits per heavy atom. The fourth-order valence-corrected chi connectivity index (χ4v) is 1.34. The van der Waals surface area contributed by atoms with Crippen molar-refractivity contribution in [2.75, 3.05) is 5.73 Å². The minimum absolute atomic E-state index is 0.0225. The number of carbonyl (C=O) groups is 2. The molecule has 0 saturated carbocycles. The van der Waals surface area contributed by atoms with E-state index >= 15 is 0 Å². The molecule has 1 aromatic rings. The molecular weight excluding hydrogens is 224 g/mol. The maximum Gasteiger partial charge on any atom is 0.339 e. The normalized spacial score (nSPS) is 11.8. The first-order valence-electron chi connectivity index (χ1n) is 5.05. The van der Waals surface area contributed by atoms with Crippen molar-refractivity contribution >= 4 is 17.6 Å². The van der Waals surface area contributed by atoms with Crippen LogP contribution in [0, 0.1) is 0 Å². The summed E-state index contributed by atoms with van der Waals surface area (Å²) in [5.41, 5.74) is 10.8. The first-order chi connectivity index (χ1) is 7.97. The van der Waals surface area contributed by atoms with Gasteiger partial charge in [-0.3, -0.25) is 4.79 Å². The van der Waals surface area contributed by atoms with Crippen LogP contribution in [0.25, 0.3) is 0 Å². The second-order valence-corrected chi connectivity index (χ2v) is 3.45. The quantitative estimate of drug-likeness (QED) is 0.650. The summed E-state index contributed by atoms with van der Waals surface area (Å²) >= 11 is 0. The molecule has 1 atom stereocenters. The molecule has 1 amide bonds. The zero-order chi connectivity index (χ0) is 13.0. The molecule has 1 aromatic carbocycles. The SMILES string of the molecule is CCC(Oc1c(N)cccc1C(=O)O)C(N)=O. The molecule has 0 aromatic heterocycles. The van der Waals surface area contributed by atoms with E-state index in [1.807, 2.05) is 0 Å². The number of anilines is 1. The second-order valence-electron chi connectivity index (χ2n) is 3.45. The van der Waals surface area contributed by atoms with Crippen molar-refractivity contribution in [3.05, 3.63) is 23.8 Å². The molecule has 5 N–H and O–H groups in total. The van der Waals surface area contributed by atoms with Crippen molar-refractivity contribution in [3.8, 4) is 5.75 Å². The highest BCUT2D eigenvalue weighted by Crippen LogP contribution is 2.27. The van der Waals surface area contributed by atoms with Crippen LogP contribution in [0.2, 0.25) is 0 Å². The van der Waals surface area contributed by atoms with Gasteiger partial charge in [0.2, 0.25) is 0 Å². The molecule has 0 fully saturated rings. The molecule has 1 rings (SSSR count). The highest BCUT2D eigenvalue weighted by atomic mass is 16.5. The van der Waals surface area contributed by atoms with Crippen LogP contribution in [0.1, 0.15) is 23.7 Å². The summed E-state index contributed by atoms with van der Waals surface area (Å²) in [4.78, 5) is 22.0. The van der Waals surface area contributed by atoms with Crippen LogP contribution in [-0.4, -0.2) is 23.1 Å². The minimum atomic E-state index is -1.17. The zero-order valence-corrected chi connectivity index (χ0v) is 9.34. The molecule has 6 heteroatoms. The Kier molecular flexibility index (Phi) is 3.92. The number of para-hydroxylation sites is 1. The number of carboxylic acids is 1. The van der Waals surface area contributed by atoms with Gasteiger partial charge in [-0.1, -0.05) is 13.0 Å². The molecule has 0 radical (unpaired) electrons. The molecule has 0 heterocycles. The predicted octanol–water partition coefficient (Wildman–Crippen LogP) is 0.610. The van der Waals surface area contributed by atoms with E-state index < -0.39 is 18.0 Å². The van der Waals surface area contributed by atoms with Crippen LogP contribution in [0.3, 0.4) is 0 Å². The van der Waals surface area contributed by atoms with E-state index in [4.69, 9.17) is 21.3 Å². The molecule has 1 unspecified atom stereocenters. The number of hydrogen-bond acceptors (Lipinski definition) is 4. The number of rotatable bonds is 5. The lowest BCUT2D eigenvalue weighted by Gasteiger charge is -2.17. The first-order valence-corrected chi connectivity index (χ1v) is 5.05. The van der Waals surface area contributed by atoms with Crippen LogP contribution in [-0.2, 0) is 4.79 Å². The van der Waals surface area contributed by atoms with Gasteiger partial charge in [0.05, 0.1) is 5.69 Å². The molecule has 0 aliphatic heterocycles. The summed E-state index contributed by atoms with van der Waals surface area (Å²) in [6.45, 7) is 1.70. The summed E-state index contributed by atoms with van der Waals surface area (Å²) in [6, 6.07) is 4.34. The van der Waals surface area contributed by atoms with E-state index in [2.05, 4.69) is 0 Å². The summed E-state index contributed by atoms with van der Waals surface area (Å²) in [5, 5.41) is 8.96. The van der Waals surface area contributed by atoms with Gasteiger partial charge >= 0.3 is 5.97 Å². The number of hydrogen-bond donors (Lipinski definition) is 3. The average molecular weight is 238 g/mol. The molecule has 92 valence electrons. The number of nitrogen functional groups attached to an aromatic ring is 1. The smallest absolute Gasteiger partial charge is 0.339 e. The number of carbonyl (C=O) groups excluding carboxylic acids is 1. The number of ether oxygens (including phenoxy) is 1. The van der Waals surface area contributed by atoms with Gasteiger partial charge in [-0.25, -0.2) is 4.79 Å². The number of carboxylic acid groups (broad SMARTS) is 1. The van der Waals surface area contributed by atoms with E-state index in [1.54, 1.807) is 6.92 Å². The Hall–Kier alpha value is -2.24. The van der Waals surface area contributed by atoms with Crippen molar-refractivity contribution in [1.82, 2.24) is 0 Å². The lowest BCUT2D eigenvalue weighted by Crippen LogP contribution is -2.33. The molecule has 6 nitrogen and oxygen atoms in total. The van der Waals surface area contributed by atoms with Crippen LogP contribution >= 0.6 is 0 Å². The number of benzene rings is 1. The van der Waals surface area contributed by atoms with E-state index in [1.165, 1.54) is 18.2 Å². The van der Waals surface area contributed by atoms with Crippen LogP contribution in [0.4, 0.5) is 5.69 Å². The third-order valence-electron chi connectivity index (χ3n) is 2.22. The van der Waals surface area contributed by atoms with Gasteiger partial charge in [-0.2, -0.15) is 0 Å². The van der Waals surface area contributed by atoms with Gasteiger partial charge in [-0.05, 0) is 18.6 Å². The van der Waals surface area contributed by atoms with Gasteiger partial charge in [-0.15, -0.1) is 0 Å². The Morgan fingerprint density at radius 1 is 1.47 bits per heavy atom. The minimum Gasteiger partial charge on any atom is -0.478 e. The molecular formula is C11H14N2O4.